The first-order chi connectivity index (χ1) is 16.3. The predicted molar refractivity (Wildman–Crippen MR) is 140 cm³/mol. The number of benzene rings is 3. The first kappa shape index (κ1) is 25.5. The summed E-state index contributed by atoms with van der Waals surface area (Å²) in [6.07, 6.45) is 0. The van der Waals surface area contributed by atoms with Gasteiger partial charge in [0.25, 0.3) is 15.9 Å². The van der Waals surface area contributed by atoms with Gasteiger partial charge in [0, 0.05) is 9.64 Å². The van der Waals surface area contributed by atoms with E-state index in [1.165, 1.54) is 32.4 Å². The second-order valence-electron chi connectivity index (χ2n) is 7.11. The average Bonchev–Trinajstić information content (AvgIpc) is 2.85. The van der Waals surface area contributed by atoms with E-state index in [0.29, 0.717) is 11.5 Å². The second kappa shape index (κ2) is 11.3. The van der Waals surface area contributed by atoms with Crippen molar-refractivity contribution in [3.05, 3.63) is 81.9 Å². The summed E-state index contributed by atoms with van der Waals surface area (Å²) in [5.74, 6) is 0.118. The standard InChI is InChI=1S/C24H24IN3O5S/c1-17(18-8-7-9-19(25)14-18)26-27-24(29)16-28(34(30,31)21-10-5-4-6-11-21)22-13-12-20(32-2)15-23(22)33-3/h4-15H,16H2,1-3H3,(H,27,29)/b26-17-. The van der Waals surface area contributed by atoms with E-state index < -0.39 is 22.5 Å². The number of nitrogens with zero attached hydrogens (tertiary/aromatic N) is 2. The largest absolute Gasteiger partial charge is 0.497 e. The summed E-state index contributed by atoms with van der Waals surface area (Å²) in [4.78, 5) is 12.9. The fourth-order valence-electron chi connectivity index (χ4n) is 3.10. The van der Waals surface area contributed by atoms with Gasteiger partial charge < -0.3 is 9.47 Å². The number of rotatable bonds is 9. The number of hydrogen-bond donors (Lipinski definition) is 1. The number of anilines is 1. The lowest BCUT2D eigenvalue weighted by Crippen LogP contribution is -2.40. The van der Waals surface area contributed by atoms with Crippen molar-refractivity contribution < 1.29 is 22.7 Å². The maximum Gasteiger partial charge on any atom is 0.264 e. The Morgan fingerprint density at radius 1 is 1.00 bits per heavy atom. The number of hydrogen-bond acceptors (Lipinski definition) is 6. The van der Waals surface area contributed by atoms with E-state index in [9.17, 15) is 13.2 Å². The molecular formula is C24H24IN3O5S. The van der Waals surface area contributed by atoms with Crippen molar-refractivity contribution in [2.24, 2.45) is 5.10 Å². The Morgan fingerprint density at radius 2 is 1.74 bits per heavy atom. The van der Waals surface area contributed by atoms with Crippen LogP contribution in [0.4, 0.5) is 5.69 Å². The Labute approximate surface area is 212 Å². The van der Waals surface area contributed by atoms with Gasteiger partial charge in [0.1, 0.15) is 18.0 Å². The van der Waals surface area contributed by atoms with Crippen molar-refractivity contribution in [3.63, 3.8) is 0 Å². The van der Waals surface area contributed by atoms with Gasteiger partial charge >= 0.3 is 0 Å². The number of halogens is 1. The number of methoxy groups -OCH3 is 2. The third-order valence-electron chi connectivity index (χ3n) is 4.86. The molecule has 0 fully saturated rings. The number of hydrazone groups is 1. The van der Waals surface area contributed by atoms with E-state index in [-0.39, 0.29) is 16.3 Å². The molecule has 0 radical (unpaired) electrons. The summed E-state index contributed by atoms with van der Waals surface area (Å²) in [5, 5.41) is 4.15. The topological polar surface area (TPSA) is 97.3 Å². The Kier molecular flexibility index (Phi) is 8.51. The second-order valence-corrected chi connectivity index (χ2v) is 10.2. The molecule has 3 rings (SSSR count). The molecule has 3 aromatic carbocycles. The molecule has 0 saturated heterocycles. The minimum atomic E-state index is -4.10. The van der Waals surface area contributed by atoms with Crippen LogP contribution in [0.15, 0.2) is 82.8 Å². The van der Waals surface area contributed by atoms with Crippen molar-refractivity contribution in [1.29, 1.82) is 0 Å². The van der Waals surface area contributed by atoms with Crippen LogP contribution >= 0.6 is 22.6 Å². The molecule has 0 aliphatic rings. The maximum atomic E-state index is 13.5. The van der Waals surface area contributed by atoms with Crippen molar-refractivity contribution >= 4 is 49.9 Å². The van der Waals surface area contributed by atoms with Crippen LogP contribution in [0, 0.1) is 3.57 Å². The molecule has 1 N–H and O–H groups in total. The number of carbonyl (C=O) groups excluding carboxylic acids is 1. The molecule has 178 valence electrons. The zero-order valence-electron chi connectivity index (χ0n) is 18.9. The zero-order chi connectivity index (χ0) is 24.7. The summed E-state index contributed by atoms with van der Waals surface area (Å²) >= 11 is 2.19. The molecule has 0 saturated carbocycles. The quantitative estimate of drug-likeness (QED) is 0.230. The van der Waals surface area contributed by atoms with Gasteiger partial charge in [0.05, 0.1) is 30.5 Å². The van der Waals surface area contributed by atoms with E-state index >= 15 is 0 Å². The summed E-state index contributed by atoms with van der Waals surface area (Å²) in [5.41, 5.74) is 4.09. The predicted octanol–water partition coefficient (Wildman–Crippen LogP) is 4.04. The Balaban J connectivity index is 1.95. The minimum Gasteiger partial charge on any atom is -0.497 e. The highest BCUT2D eigenvalue weighted by Crippen LogP contribution is 2.35. The van der Waals surface area contributed by atoms with Crippen LogP contribution in [0.3, 0.4) is 0 Å². The highest BCUT2D eigenvalue weighted by molar-refractivity contribution is 14.1. The van der Waals surface area contributed by atoms with Gasteiger partial charge in [-0.15, -0.1) is 0 Å². The lowest BCUT2D eigenvalue weighted by atomic mass is 10.1. The summed E-state index contributed by atoms with van der Waals surface area (Å²) < 4.78 is 39.7. The monoisotopic (exact) mass is 593 g/mol. The SMILES string of the molecule is COc1ccc(N(CC(=O)N/N=C(/C)c2cccc(I)c2)S(=O)(=O)c2ccccc2)c(OC)c1. The fourth-order valence-corrected chi connectivity index (χ4v) is 5.10. The Hall–Kier alpha value is -3.12. The number of carbonyl (C=O) groups is 1. The van der Waals surface area contributed by atoms with Gasteiger partial charge in [-0.05, 0) is 71.5 Å². The number of ether oxygens (including phenoxy) is 2. The lowest BCUT2D eigenvalue weighted by molar-refractivity contribution is -0.119. The minimum absolute atomic E-state index is 0.0409. The van der Waals surface area contributed by atoms with Crippen LogP contribution in [0.2, 0.25) is 0 Å². The van der Waals surface area contributed by atoms with Crippen LogP contribution in [0.5, 0.6) is 11.5 Å². The molecule has 0 aliphatic heterocycles. The average molecular weight is 593 g/mol. The third kappa shape index (κ3) is 6.06. The molecule has 10 heteroatoms. The molecule has 3 aromatic rings. The molecule has 0 heterocycles. The van der Waals surface area contributed by atoms with Gasteiger partial charge in [-0.25, -0.2) is 13.8 Å². The van der Waals surface area contributed by atoms with E-state index in [2.05, 4.69) is 33.1 Å². The van der Waals surface area contributed by atoms with E-state index in [0.717, 1.165) is 13.4 Å². The maximum absolute atomic E-state index is 13.5. The van der Waals surface area contributed by atoms with E-state index in [1.54, 1.807) is 37.3 Å². The molecule has 8 nitrogen and oxygen atoms in total. The molecule has 34 heavy (non-hydrogen) atoms. The molecular weight excluding hydrogens is 569 g/mol. The number of amides is 1. The first-order valence-electron chi connectivity index (χ1n) is 10.1. The van der Waals surface area contributed by atoms with Gasteiger partial charge in [-0.2, -0.15) is 5.10 Å². The van der Waals surface area contributed by atoms with Gasteiger partial charge in [0.15, 0.2) is 0 Å². The van der Waals surface area contributed by atoms with Crippen LogP contribution in [-0.2, 0) is 14.8 Å². The van der Waals surface area contributed by atoms with Gasteiger partial charge in [0.2, 0.25) is 0 Å². The summed E-state index contributed by atoms with van der Waals surface area (Å²) in [6.45, 7) is 1.25. The van der Waals surface area contributed by atoms with Crippen LogP contribution < -0.4 is 19.2 Å². The smallest absolute Gasteiger partial charge is 0.264 e. The molecule has 1 amide bonds. The summed E-state index contributed by atoms with van der Waals surface area (Å²) in [6, 6.07) is 20.2. The first-order valence-corrected chi connectivity index (χ1v) is 12.7. The van der Waals surface area contributed by atoms with Crippen LogP contribution in [0.25, 0.3) is 0 Å². The molecule has 0 atom stereocenters. The highest BCUT2D eigenvalue weighted by atomic mass is 127. The van der Waals surface area contributed by atoms with E-state index in [1.807, 2.05) is 24.3 Å². The van der Waals surface area contributed by atoms with Crippen molar-refractivity contribution in [2.75, 3.05) is 25.1 Å². The van der Waals surface area contributed by atoms with Gasteiger partial charge in [-0.1, -0.05) is 30.3 Å². The third-order valence-corrected chi connectivity index (χ3v) is 7.31. The fraction of sp³-hybridized carbons (Fsp3) is 0.167. The zero-order valence-corrected chi connectivity index (χ0v) is 21.8. The van der Waals surface area contributed by atoms with Crippen LogP contribution in [0.1, 0.15) is 12.5 Å². The lowest BCUT2D eigenvalue weighted by Gasteiger charge is -2.25. The normalized spacial score (nSPS) is 11.6. The van der Waals surface area contributed by atoms with Crippen molar-refractivity contribution in [1.82, 2.24) is 5.43 Å². The van der Waals surface area contributed by atoms with E-state index in [4.69, 9.17) is 9.47 Å². The van der Waals surface area contributed by atoms with Crippen molar-refractivity contribution in [3.8, 4) is 11.5 Å². The summed E-state index contributed by atoms with van der Waals surface area (Å²) in [7, 11) is -1.18. The Morgan fingerprint density at radius 3 is 2.38 bits per heavy atom. The molecule has 0 aromatic heterocycles. The van der Waals surface area contributed by atoms with Gasteiger partial charge in [-0.3, -0.25) is 9.10 Å². The van der Waals surface area contributed by atoms with Crippen LogP contribution in [-0.4, -0.2) is 40.8 Å². The highest BCUT2D eigenvalue weighted by Gasteiger charge is 2.29. The number of nitrogens with one attached hydrogen (secondary N) is 1. The number of sulfonamides is 1. The molecule has 0 aliphatic carbocycles. The molecule has 0 bridgehead atoms. The molecule has 0 unspecified atom stereocenters. The Bertz CT molecular complexity index is 1300. The molecule has 0 spiro atoms. The van der Waals surface area contributed by atoms with Crippen molar-refractivity contribution in [2.45, 2.75) is 11.8 Å².